The van der Waals surface area contributed by atoms with Crippen molar-refractivity contribution in [1.82, 2.24) is 0 Å². The first-order chi connectivity index (χ1) is 19.8. The fourth-order valence-electron chi connectivity index (χ4n) is 5.01. The summed E-state index contributed by atoms with van der Waals surface area (Å²) in [5.74, 6) is 2.92. The molecule has 4 rings (SSSR count). The standard InChI is InChI=1S/C36H43O5P/c1-35(2,3)24-19-27(38-7)33(28(20-24)39-8)42(31-18-14-17-26(32(31)37)23-15-12-11-13-16-23)34-29(40-9)21-25(36(4,5)6)22-30(34)41-10/h11-22,37H,1-10H3. The molecule has 0 saturated carbocycles. The maximum absolute atomic E-state index is 12.0. The minimum absolute atomic E-state index is 0.138. The van der Waals surface area contributed by atoms with Gasteiger partial charge in [0.05, 0.1) is 39.0 Å². The Kier molecular flexibility index (Phi) is 9.13. The summed E-state index contributed by atoms with van der Waals surface area (Å²) >= 11 is 0. The van der Waals surface area contributed by atoms with Crippen LogP contribution < -0.4 is 34.9 Å². The smallest absolute Gasteiger partial charge is 0.131 e. The second kappa shape index (κ2) is 12.3. The average Bonchev–Trinajstić information content (AvgIpc) is 2.97. The van der Waals surface area contributed by atoms with E-state index < -0.39 is 7.92 Å². The molecule has 0 bridgehead atoms. The number of methoxy groups -OCH3 is 4. The Bertz CT molecular complexity index is 1420. The topological polar surface area (TPSA) is 57.2 Å². The van der Waals surface area contributed by atoms with Crippen LogP contribution >= 0.6 is 7.92 Å². The highest BCUT2D eigenvalue weighted by Gasteiger charge is 2.35. The van der Waals surface area contributed by atoms with E-state index in [0.717, 1.165) is 38.2 Å². The second-order valence-electron chi connectivity index (χ2n) is 12.3. The summed E-state index contributed by atoms with van der Waals surface area (Å²) in [7, 11) is 5.18. The van der Waals surface area contributed by atoms with E-state index in [0.29, 0.717) is 23.0 Å². The van der Waals surface area contributed by atoms with Crippen molar-refractivity contribution < 1.29 is 24.1 Å². The lowest BCUT2D eigenvalue weighted by molar-refractivity contribution is 0.396. The van der Waals surface area contributed by atoms with Crippen LogP contribution in [-0.4, -0.2) is 33.5 Å². The summed E-state index contributed by atoms with van der Waals surface area (Å²) in [6, 6.07) is 24.1. The molecule has 0 aliphatic rings. The Morgan fingerprint density at radius 2 is 0.952 bits per heavy atom. The van der Waals surface area contributed by atoms with Crippen molar-refractivity contribution in [1.29, 1.82) is 0 Å². The molecule has 0 unspecified atom stereocenters. The third-order valence-corrected chi connectivity index (χ3v) is 10.1. The molecule has 0 aliphatic carbocycles. The zero-order chi connectivity index (χ0) is 30.8. The highest BCUT2D eigenvalue weighted by molar-refractivity contribution is 7.80. The maximum atomic E-state index is 12.0. The molecule has 0 aliphatic heterocycles. The van der Waals surface area contributed by atoms with Crippen LogP contribution in [0, 0.1) is 0 Å². The Morgan fingerprint density at radius 1 is 0.548 bits per heavy atom. The lowest BCUT2D eigenvalue weighted by Crippen LogP contribution is -2.27. The van der Waals surface area contributed by atoms with E-state index in [-0.39, 0.29) is 16.6 Å². The summed E-state index contributed by atoms with van der Waals surface area (Å²) in [4.78, 5) is 0. The van der Waals surface area contributed by atoms with Gasteiger partial charge in [0.2, 0.25) is 0 Å². The van der Waals surface area contributed by atoms with Gasteiger partial charge in [-0.25, -0.2) is 0 Å². The fourth-order valence-corrected chi connectivity index (χ4v) is 7.79. The Labute approximate surface area is 252 Å². The Balaban J connectivity index is 2.17. The molecule has 0 fully saturated rings. The highest BCUT2D eigenvalue weighted by Crippen LogP contribution is 2.50. The predicted molar refractivity (Wildman–Crippen MR) is 176 cm³/mol. The first kappa shape index (κ1) is 31.3. The van der Waals surface area contributed by atoms with E-state index >= 15 is 0 Å². The number of hydrogen-bond acceptors (Lipinski definition) is 5. The van der Waals surface area contributed by atoms with Crippen LogP contribution in [0.15, 0.2) is 72.8 Å². The number of ether oxygens (including phenoxy) is 4. The van der Waals surface area contributed by atoms with Crippen LogP contribution in [0.4, 0.5) is 0 Å². The maximum Gasteiger partial charge on any atom is 0.131 e. The molecule has 42 heavy (non-hydrogen) atoms. The van der Waals surface area contributed by atoms with Crippen LogP contribution in [0.1, 0.15) is 52.7 Å². The molecule has 5 nitrogen and oxygen atoms in total. The summed E-state index contributed by atoms with van der Waals surface area (Å²) in [5.41, 5.74) is 3.56. The van der Waals surface area contributed by atoms with E-state index in [2.05, 4.69) is 65.8 Å². The summed E-state index contributed by atoms with van der Waals surface area (Å²) in [6.45, 7) is 13.0. The van der Waals surface area contributed by atoms with Crippen molar-refractivity contribution in [3.8, 4) is 39.9 Å². The molecule has 0 spiro atoms. The van der Waals surface area contributed by atoms with Crippen LogP contribution in [0.3, 0.4) is 0 Å². The van der Waals surface area contributed by atoms with Crippen molar-refractivity contribution in [2.45, 2.75) is 52.4 Å². The van der Waals surface area contributed by atoms with Gasteiger partial charge in [0.1, 0.15) is 28.7 Å². The van der Waals surface area contributed by atoms with E-state index in [1.165, 1.54) is 0 Å². The molecule has 222 valence electrons. The number of aromatic hydroxyl groups is 1. The van der Waals surface area contributed by atoms with Crippen molar-refractivity contribution in [2.24, 2.45) is 0 Å². The lowest BCUT2D eigenvalue weighted by atomic mass is 9.87. The quantitative estimate of drug-likeness (QED) is 0.218. The monoisotopic (exact) mass is 586 g/mol. The van der Waals surface area contributed by atoms with Crippen LogP contribution in [0.5, 0.6) is 28.7 Å². The third-order valence-electron chi connectivity index (χ3n) is 7.48. The molecule has 0 saturated heterocycles. The van der Waals surface area contributed by atoms with Gasteiger partial charge in [-0.2, -0.15) is 0 Å². The molecule has 4 aromatic rings. The number of benzene rings is 4. The molecule has 4 aromatic carbocycles. The first-order valence-corrected chi connectivity index (χ1v) is 15.4. The van der Waals surface area contributed by atoms with Crippen LogP contribution in [0.25, 0.3) is 11.1 Å². The van der Waals surface area contributed by atoms with Crippen molar-refractivity contribution in [3.63, 3.8) is 0 Å². The van der Waals surface area contributed by atoms with Gasteiger partial charge >= 0.3 is 0 Å². The van der Waals surface area contributed by atoms with Gasteiger partial charge in [-0.05, 0) is 51.8 Å². The SMILES string of the molecule is COc1cc(C(C)(C)C)cc(OC)c1P(c1cccc(-c2ccccc2)c1O)c1c(OC)cc(C(C)(C)C)cc1OC. The molecule has 0 aromatic heterocycles. The second-order valence-corrected chi connectivity index (χ2v) is 14.4. The first-order valence-electron chi connectivity index (χ1n) is 14.1. The Morgan fingerprint density at radius 3 is 1.31 bits per heavy atom. The molecule has 1 N–H and O–H groups in total. The predicted octanol–water partition coefficient (Wildman–Crippen LogP) is 7.45. The summed E-state index contributed by atoms with van der Waals surface area (Å²) in [5, 5.41) is 14.4. The van der Waals surface area contributed by atoms with Crippen molar-refractivity contribution in [3.05, 3.63) is 83.9 Å². The largest absolute Gasteiger partial charge is 0.507 e. The van der Waals surface area contributed by atoms with Crippen molar-refractivity contribution >= 4 is 23.8 Å². The van der Waals surface area contributed by atoms with E-state index in [9.17, 15) is 5.11 Å². The normalized spacial score (nSPS) is 11.9. The Hall–Kier alpha value is -3.69. The molecule has 0 heterocycles. The number of para-hydroxylation sites is 1. The number of phenols is 1. The minimum atomic E-state index is -1.53. The van der Waals surface area contributed by atoms with Crippen LogP contribution in [0.2, 0.25) is 0 Å². The van der Waals surface area contributed by atoms with Gasteiger partial charge in [0.25, 0.3) is 0 Å². The van der Waals surface area contributed by atoms with Gasteiger partial charge in [-0.1, -0.05) is 90.1 Å². The zero-order valence-electron chi connectivity index (χ0n) is 26.5. The van der Waals surface area contributed by atoms with Gasteiger partial charge in [0, 0.05) is 18.8 Å². The molecular weight excluding hydrogens is 543 g/mol. The number of phenolic OH excluding ortho intramolecular Hbond substituents is 1. The average molecular weight is 587 g/mol. The van der Waals surface area contributed by atoms with E-state index in [4.69, 9.17) is 18.9 Å². The van der Waals surface area contributed by atoms with Gasteiger partial charge in [-0.15, -0.1) is 0 Å². The molecule has 0 amide bonds. The molecular formula is C36H43O5P. The summed E-state index contributed by atoms with van der Waals surface area (Å²) < 4.78 is 24.4. The minimum Gasteiger partial charge on any atom is -0.507 e. The number of hydrogen-bond donors (Lipinski definition) is 1. The van der Waals surface area contributed by atoms with E-state index in [1.807, 2.05) is 48.5 Å². The molecule has 0 atom stereocenters. The van der Waals surface area contributed by atoms with Gasteiger partial charge in [-0.3, -0.25) is 0 Å². The zero-order valence-corrected chi connectivity index (χ0v) is 27.4. The van der Waals surface area contributed by atoms with Gasteiger partial charge < -0.3 is 24.1 Å². The summed E-state index contributed by atoms with van der Waals surface area (Å²) in [6.07, 6.45) is 0. The highest BCUT2D eigenvalue weighted by atomic mass is 31.1. The molecule has 0 radical (unpaired) electrons. The lowest BCUT2D eigenvalue weighted by Gasteiger charge is -2.30. The van der Waals surface area contributed by atoms with Crippen molar-refractivity contribution in [2.75, 3.05) is 28.4 Å². The van der Waals surface area contributed by atoms with Crippen LogP contribution in [-0.2, 0) is 10.8 Å². The van der Waals surface area contributed by atoms with E-state index in [1.54, 1.807) is 28.4 Å². The fraction of sp³-hybridized carbons (Fsp3) is 0.333. The third kappa shape index (κ3) is 6.08. The van der Waals surface area contributed by atoms with Gasteiger partial charge in [0.15, 0.2) is 0 Å². The number of rotatable bonds is 8. The molecule has 6 heteroatoms.